The quantitative estimate of drug-likeness (QED) is 0.712. The number of amides is 1. The van der Waals surface area contributed by atoms with Crippen LogP contribution in [-0.4, -0.2) is 24.8 Å². The fourth-order valence-corrected chi connectivity index (χ4v) is 1.26. The molecule has 4 heteroatoms. The number of ether oxygens (including phenoxy) is 1. The molecule has 0 spiro atoms. The van der Waals surface area contributed by atoms with Crippen molar-refractivity contribution in [2.24, 2.45) is 11.7 Å². The van der Waals surface area contributed by atoms with E-state index in [1.165, 1.54) is 0 Å². The van der Waals surface area contributed by atoms with Crippen molar-refractivity contribution in [3.8, 4) is 0 Å². The van der Waals surface area contributed by atoms with Gasteiger partial charge in [0.25, 0.3) is 0 Å². The lowest BCUT2D eigenvalue weighted by atomic mass is 9.93. The largest absolute Gasteiger partial charge is 0.449 e. The van der Waals surface area contributed by atoms with Crippen molar-refractivity contribution in [2.75, 3.05) is 13.2 Å². The Kier molecular flexibility index (Phi) is 6.32. The normalized spacial score (nSPS) is 11.6. The molecule has 0 saturated carbocycles. The molecule has 0 aliphatic heterocycles. The first-order valence-corrected chi connectivity index (χ1v) is 5.64. The second-order valence-corrected chi connectivity index (χ2v) is 4.31. The third-order valence-corrected chi connectivity index (χ3v) is 2.66. The Morgan fingerprint density at radius 1 is 1.40 bits per heavy atom. The highest BCUT2D eigenvalue weighted by Gasteiger charge is 2.26. The predicted molar refractivity (Wildman–Crippen MR) is 61.7 cm³/mol. The molecule has 0 aliphatic rings. The lowest BCUT2D eigenvalue weighted by Gasteiger charge is -2.30. The molecule has 4 nitrogen and oxygen atoms in total. The first-order valence-electron chi connectivity index (χ1n) is 5.64. The van der Waals surface area contributed by atoms with Crippen LogP contribution in [0.3, 0.4) is 0 Å². The Morgan fingerprint density at radius 3 is 2.27 bits per heavy atom. The number of rotatable bonds is 6. The van der Waals surface area contributed by atoms with E-state index >= 15 is 0 Å². The van der Waals surface area contributed by atoms with E-state index in [0.717, 1.165) is 12.8 Å². The monoisotopic (exact) mass is 216 g/mol. The third-order valence-electron chi connectivity index (χ3n) is 2.66. The molecule has 0 aromatic carbocycles. The van der Waals surface area contributed by atoms with Crippen molar-refractivity contribution < 1.29 is 9.53 Å². The number of carbonyl (C=O) groups is 1. The highest BCUT2D eigenvalue weighted by atomic mass is 16.5. The number of alkyl carbamates (subject to hydrolysis) is 1. The van der Waals surface area contributed by atoms with Gasteiger partial charge in [0.15, 0.2) is 0 Å². The maximum Gasteiger partial charge on any atom is 0.407 e. The van der Waals surface area contributed by atoms with E-state index in [4.69, 9.17) is 10.5 Å². The van der Waals surface area contributed by atoms with Crippen molar-refractivity contribution in [2.45, 2.75) is 46.1 Å². The lowest BCUT2D eigenvalue weighted by Crippen LogP contribution is -2.53. The van der Waals surface area contributed by atoms with Crippen molar-refractivity contribution in [3.05, 3.63) is 0 Å². The highest BCUT2D eigenvalue weighted by Crippen LogP contribution is 2.13. The Morgan fingerprint density at radius 2 is 1.93 bits per heavy atom. The number of nitrogens with two attached hydrogens (primary N) is 1. The minimum Gasteiger partial charge on any atom is -0.449 e. The molecule has 0 bridgehead atoms. The number of hydrogen-bond acceptors (Lipinski definition) is 3. The summed E-state index contributed by atoms with van der Waals surface area (Å²) in [6.07, 6.45) is 1.27. The lowest BCUT2D eigenvalue weighted by molar-refractivity contribution is 0.119. The zero-order valence-corrected chi connectivity index (χ0v) is 10.3. The summed E-state index contributed by atoms with van der Waals surface area (Å²) in [5.74, 6) is 0.353. The van der Waals surface area contributed by atoms with Crippen LogP contribution in [0.2, 0.25) is 0 Å². The van der Waals surface area contributed by atoms with Gasteiger partial charge in [-0.25, -0.2) is 4.79 Å². The smallest absolute Gasteiger partial charge is 0.407 e. The van der Waals surface area contributed by atoms with Gasteiger partial charge in [0.1, 0.15) is 0 Å². The van der Waals surface area contributed by atoms with E-state index in [0.29, 0.717) is 19.1 Å². The van der Waals surface area contributed by atoms with Crippen LogP contribution < -0.4 is 11.1 Å². The molecule has 0 rings (SSSR count). The van der Waals surface area contributed by atoms with Crippen LogP contribution in [0.25, 0.3) is 0 Å². The van der Waals surface area contributed by atoms with Gasteiger partial charge < -0.3 is 15.8 Å². The molecule has 0 saturated heterocycles. The van der Waals surface area contributed by atoms with E-state index in [1.54, 1.807) is 0 Å². The maximum atomic E-state index is 11.5. The molecule has 0 fully saturated rings. The molecule has 0 atom stereocenters. The summed E-state index contributed by atoms with van der Waals surface area (Å²) in [5.41, 5.74) is 5.35. The van der Waals surface area contributed by atoms with Crippen molar-refractivity contribution >= 4 is 6.09 Å². The topological polar surface area (TPSA) is 64.3 Å². The second-order valence-electron chi connectivity index (χ2n) is 4.31. The summed E-state index contributed by atoms with van der Waals surface area (Å²) < 4.78 is 5.06. The van der Waals surface area contributed by atoms with E-state index in [9.17, 15) is 4.79 Å². The molecule has 0 aliphatic carbocycles. The molecule has 0 unspecified atom stereocenters. The molecule has 3 N–H and O–H groups in total. The van der Waals surface area contributed by atoms with Gasteiger partial charge in [-0.05, 0) is 18.8 Å². The summed E-state index contributed by atoms with van der Waals surface area (Å²) >= 11 is 0. The molecular formula is C11H24N2O2. The van der Waals surface area contributed by atoms with Crippen LogP contribution >= 0.6 is 0 Å². The van der Waals surface area contributed by atoms with Gasteiger partial charge in [0.2, 0.25) is 0 Å². The third kappa shape index (κ3) is 5.02. The average molecular weight is 216 g/mol. The van der Waals surface area contributed by atoms with Gasteiger partial charge in [-0.3, -0.25) is 0 Å². The van der Waals surface area contributed by atoms with Gasteiger partial charge in [-0.2, -0.15) is 0 Å². The molecule has 0 radical (unpaired) electrons. The van der Waals surface area contributed by atoms with Gasteiger partial charge in [0.05, 0.1) is 12.1 Å². The Bertz CT molecular complexity index is 181. The standard InChI is InChI=1S/C11H24N2O2/c1-5-11(6-2,8-12)13-10(14)15-7-9(3)4/h9H,5-8,12H2,1-4H3,(H,13,14). The summed E-state index contributed by atoms with van der Waals surface area (Å²) in [7, 11) is 0. The van der Waals surface area contributed by atoms with E-state index in [2.05, 4.69) is 5.32 Å². The molecule has 15 heavy (non-hydrogen) atoms. The maximum absolute atomic E-state index is 11.5. The number of hydrogen-bond donors (Lipinski definition) is 2. The second kappa shape index (κ2) is 6.67. The minimum absolute atomic E-state index is 0.311. The van der Waals surface area contributed by atoms with Gasteiger partial charge in [-0.15, -0.1) is 0 Å². The predicted octanol–water partition coefficient (Wildman–Crippen LogP) is 1.89. The molecule has 0 aromatic rings. The summed E-state index contributed by atoms with van der Waals surface area (Å²) in [5, 5.41) is 2.85. The minimum atomic E-state index is -0.363. The molecule has 90 valence electrons. The van der Waals surface area contributed by atoms with Crippen molar-refractivity contribution in [1.29, 1.82) is 0 Å². The van der Waals surface area contributed by atoms with E-state index < -0.39 is 0 Å². The van der Waals surface area contributed by atoms with Crippen molar-refractivity contribution in [1.82, 2.24) is 5.32 Å². The van der Waals surface area contributed by atoms with Crippen LogP contribution in [0.1, 0.15) is 40.5 Å². The van der Waals surface area contributed by atoms with Crippen molar-refractivity contribution in [3.63, 3.8) is 0 Å². The number of nitrogens with one attached hydrogen (secondary N) is 1. The summed E-state index contributed by atoms with van der Waals surface area (Å²) in [6, 6.07) is 0. The Labute approximate surface area is 92.6 Å². The van der Waals surface area contributed by atoms with E-state index in [1.807, 2.05) is 27.7 Å². The van der Waals surface area contributed by atoms with Gasteiger partial charge in [-0.1, -0.05) is 27.7 Å². The summed E-state index contributed by atoms with van der Waals surface area (Å²) in [4.78, 5) is 11.5. The fraction of sp³-hybridized carbons (Fsp3) is 0.909. The van der Waals surface area contributed by atoms with Gasteiger partial charge >= 0.3 is 6.09 Å². The van der Waals surface area contributed by atoms with Crippen LogP contribution in [0.5, 0.6) is 0 Å². The van der Waals surface area contributed by atoms with Crippen LogP contribution in [-0.2, 0) is 4.74 Å². The van der Waals surface area contributed by atoms with Crippen LogP contribution in [0.15, 0.2) is 0 Å². The van der Waals surface area contributed by atoms with Gasteiger partial charge in [0, 0.05) is 6.54 Å². The van der Waals surface area contributed by atoms with Crippen LogP contribution in [0.4, 0.5) is 4.79 Å². The van der Waals surface area contributed by atoms with E-state index in [-0.39, 0.29) is 11.6 Å². The first kappa shape index (κ1) is 14.2. The fourth-order valence-electron chi connectivity index (χ4n) is 1.26. The Hall–Kier alpha value is -0.770. The zero-order chi connectivity index (χ0) is 11.9. The average Bonchev–Trinajstić information content (AvgIpc) is 2.23. The zero-order valence-electron chi connectivity index (χ0n) is 10.3. The Balaban J connectivity index is 4.11. The SMILES string of the molecule is CCC(CC)(CN)NC(=O)OCC(C)C. The molecule has 0 aromatic heterocycles. The number of carbonyl (C=O) groups excluding carboxylic acids is 1. The van der Waals surface area contributed by atoms with Crippen LogP contribution in [0, 0.1) is 5.92 Å². The molecule has 1 amide bonds. The first-order chi connectivity index (χ1) is 6.99. The molecular weight excluding hydrogens is 192 g/mol. The molecule has 0 heterocycles. The highest BCUT2D eigenvalue weighted by molar-refractivity contribution is 5.68. The summed E-state index contributed by atoms with van der Waals surface area (Å²) in [6.45, 7) is 8.92.